The number of carbonyl (C=O) groups is 4. The van der Waals surface area contributed by atoms with Gasteiger partial charge in [-0.3, -0.25) is 14.4 Å². The molecule has 6 rings (SSSR count). The van der Waals surface area contributed by atoms with Crippen molar-refractivity contribution in [2.24, 2.45) is 56.7 Å². The standard InChI is InChI=1S/C43H58O8/c1-26-30(25-49-27(2)44)17-22-43(38(47)48)24-23-41(7)32(37(26)43)14-15-34-40(6)20-19-35(39(4,5)33(40)18-21-42(34,41)8)51-36(46)16-11-29-9-12-31(13-10-29)50-28(3)45/h9-14,16,26,30,33-35,37H,15,17-25H2,1-8H3,(H,47,48)/b16-11+/t26-,30-,33-,34+,35-,37-,40-,41+,42+,43-/m0/s1. The number of ether oxygens (including phenoxy) is 3. The second-order valence-electron chi connectivity index (χ2n) is 18.0. The van der Waals surface area contributed by atoms with E-state index in [1.54, 1.807) is 30.3 Å². The van der Waals surface area contributed by atoms with Crippen molar-refractivity contribution in [3.8, 4) is 5.75 Å². The van der Waals surface area contributed by atoms with E-state index < -0.39 is 11.4 Å². The Bertz CT molecular complexity index is 1620. The topological polar surface area (TPSA) is 116 Å². The van der Waals surface area contributed by atoms with Crippen LogP contribution < -0.4 is 4.74 Å². The molecule has 0 aromatic heterocycles. The van der Waals surface area contributed by atoms with Gasteiger partial charge < -0.3 is 19.3 Å². The first-order chi connectivity index (χ1) is 23.9. The third-order valence-corrected chi connectivity index (χ3v) is 15.4. The second-order valence-corrected chi connectivity index (χ2v) is 18.0. The summed E-state index contributed by atoms with van der Waals surface area (Å²) in [6.45, 7) is 17.4. The van der Waals surface area contributed by atoms with E-state index in [1.807, 2.05) is 0 Å². The Balaban J connectivity index is 1.22. The van der Waals surface area contributed by atoms with Crippen molar-refractivity contribution in [1.82, 2.24) is 0 Å². The number of carboxylic acid groups (broad SMARTS) is 1. The van der Waals surface area contributed by atoms with Crippen molar-refractivity contribution in [2.75, 3.05) is 6.61 Å². The largest absolute Gasteiger partial charge is 0.481 e. The SMILES string of the molecule is CC(=O)OC[C@@H]1CC[C@]2(C(=O)O)CC[C@]3(C)C(=CC[C@@H]4[C@@]5(C)CC[C@H](OC(=O)/C=C/c6ccc(OC(C)=O)cc6)C(C)(C)[C@@H]5CC[C@]43C)[C@@H]2[C@H]1C. The highest BCUT2D eigenvalue weighted by molar-refractivity contribution is 5.87. The van der Waals surface area contributed by atoms with Crippen LogP contribution in [0.2, 0.25) is 0 Å². The van der Waals surface area contributed by atoms with Crippen molar-refractivity contribution in [3.05, 3.63) is 47.6 Å². The Morgan fingerprint density at radius 2 is 1.57 bits per heavy atom. The van der Waals surface area contributed by atoms with Crippen molar-refractivity contribution in [3.63, 3.8) is 0 Å². The number of hydrogen-bond donors (Lipinski definition) is 1. The highest BCUT2D eigenvalue weighted by atomic mass is 16.5. The van der Waals surface area contributed by atoms with Crippen LogP contribution in [-0.4, -0.2) is 41.7 Å². The van der Waals surface area contributed by atoms with Crippen molar-refractivity contribution in [1.29, 1.82) is 0 Å². The molecule has 51 heavy (non-hydrogen) atoms. The number of esters is 3. The number of fused-ring (bicyclic) bond motifs is 7. The first-order valence-corrected chi connectivity index (χ1v) is 19.1. The lowest BCUT2D eigenvalue weighted by atomic mass is 9.33. The van der Waals surface area contributed by atoms with Crippen LogP contribution >= 0.6 is 0 Å². The lowest BCUT2D eigenvalue weighted by molar-refractivity contribution is -0.213. The van der Waals surface area contributed by atoms with E-state index in [4.69, 9.17) is 14.2 Å². The van der Waals surface area contributed by atoms with Gasteiger partial charge in [-0.25, -0.2) is 4.79 Å². The molecular formula is C43H58O8. The number of aliphatic carboxylic acids is 1. The van der Waals surface area contributed by atoms with Gasteiger partial charge in [-0.1, -0.05) is 65.3 Å². The van der Waals surface area contributed by atoms with Gasteiger partial charge in [0.15, 0.2) is 0 Å². The molecule has 10 atom stereocenters. The second kappa shape index (κ2) is 13.2. The molecule has 0 spiro atoms. The third kappa shape index (κ3) is 6.06. The minimum Gasteiger partial charge on any atom is -0.481 e. The van der Waals surface area contributed by atoms with Gasteiger partial charge in [0.2, 0.25) is 0 Å². The fraction of sp³-hybridized carbons (Fsp3) is 0.674. The minimum absolute atomic E-state index is 0.00286. The molecule has 0 aliphatic heterocycles. The lowest BCUT2D eigenvalue weighted by Gasteiger charge is -2.71. The number of benzene rings is 1. The zero-order valence-corrected chi connectivity index (χ0v) is 31.9. The van der Waals surface area contributed by atoms with Crippen molar-refractivity contribution in [2.45, 2.75) is 119 Å². The molecule has 0 unspecified atom stereocenters. The lowest BCUT2D eigenvalue weighted by Crippen LogP contribution is -2.65. The van der Waals surface area contributed by atoms with Gasteiger partial charge in [0.1, 0.15) is 11.9 Å². The molecule has 5 aliphatic rings. The molecule has 0 heterocycles. The predicted octanol–water partition coefficient (Wildman–Crippen LogP) is 8.82. The zero-order valence-electron chi connectivity index (χ0n) is 31.9. The Labute approximate surface area is 303 Å². The number of hydrogen-bond acceptors (Lipinski definition) is 7. The third-order valence-electron chi connectivity index (χ3n) is 15.4. The van der Waals surface area contributed by atoms with E-state index in [1.165, 1.54) is 25.5 Å². The fourth-order valence-corrected chi connectivity index (χ4v) is 12.6. The van der Waals surface area contributed by atoms with Gasteiger partial charge in [-0.05, 0) is 127 Å². The van der Waals surface area contributed by atoms with E-state index in [0.717, 1.165) is 50.5 Å². The van der Waals surface area contributed by atoms with E-state index in [0.29, 0.717) is 37.0 Å². The molecule has 8 nitrogen and oxygen atoms in total. The van der Waals surface area contributed by atoms with Crippen LogP contribution in [0.5, 0.6) is 5.75 Å². The molecule has 1 N–H and O–H groups in total. The summed E-state index contributed by atoms with van der Waals surface area (Å²) >= 11 is 0. The summed E-state index contributed by atoms with van der Waals surface area (Å²) in [5.41, 5.74) is 1.10. The summed E-state index contributed by atoms with van der Waals surface area (Å²) < 4.78 is 16.8. The van der Waals surface area contributed by atoms with Crippen molar-refractivity contribution >= 4 is 30.0 Å². The zero-order chi connectivity index (χ0) is 37.1. The van der Waals surface area contributed by atoms with Gasteiger partial charge in [0.25, 0.3) is 0 Å². The summed E-state index contributed by atoms with van der Waals surface area (Å²) in [4.78, 5) is 49.3. The molecule has 5 aliphatic carbocycles. The van der Waals surface area contributed by atoms with Gasteiger partial charge in [-0.15, -0.1) is 0 Å². The summed E-state index contributed by atoms with van der Waals surface area (Å²) in [6, 6.07) is 7.00. The van der Waals surface area contributed by atoms with Crippen LogP contribution in [0.3, 0.4) is 0 Å². The maximum absolute atomic E-state index is 13.2. The number of carbonyl (C=O) groups excluding carboxylic acids is 3. The normalized spacial score (nSPS) is 39.6. The summed E-state index contributed by atoms with van der Waals surface area (Å²) in [5, 5.41) is 10.8. The smallest absolute Gasteiger partial charge is 0.331 e. The average molecular weight is 703 g/mol. The molecule has 1 aromatic carbocycles. The van der Waals surface area contributed by atoms with Gasteiger partial charge in [0, 0.05) is 25.3 Å². The molecule has 0 saturated heterocycles. The van der Waals surface area contributed by atoms with E-state index >= 15 is 0 Å². The highest BCUT2D eigenvalue weighted by Gasteiger charge is 2.70. The van der Waals surface area contributed by atoms with E-state index in [2.05, 4.69) is 47.6 Å². The van der Waals surface area contributed by atoms with Crippen LogP contribution in [0, 0.1) is 56.7 Å². The van der Waals surface area contributed by atoms with E-state index in [9.17, 15) is 24.3 Å². The van der Waals surface area contributed by atoms with Crippen molar-refractivity contribution < 1.29 is 38.5 Å². The predicted molar refractivity (Wildman–Crippen MR) is 194 cm³/mol. The number of allylic oxidation sites excluding steroid dienone is 2. The summed E-state index contributed by atoms with van der Waals surface area (Å²) in [5.74, 6) is -0.242. The molecule has 0 radical (unpaired) electrons. The first kappa shape index (κ1) is 37.3. The maximum Gasteiger partial charge on any atom is 0.331 e. The Hall–Kier alpha value is -3.42. The van der Waals surface area contributed by atoms with Crippen LogP contribution in [0.4, 0.5) is 0 Å². The molecule has 8 heteroatoms. The molecule has 278 valence electrons. The molecule has 4 saturated carbocycles. The van der Waals surface area contributed by atoms with Gasteiger partial charge in [-0.2, -0.15) is 0 Å². The highest BCUT2D eigenvalue weighted by Crippen LogP contribution is 2.76. The molecule has 0 amide bonds. The quantitative estimate of drug-likeness (QED) is 0.130. The molecular weight excluding hydrogens is 644 g/mol. The number of rotatable bonds is 7. The summed E-state index contributed by atoms with van der Waals surface area (Å²) in [6.07, 6.45) is 13.2. The Kier molecular flexibility index (Phi) is 9.67. The molecule has 1 aromatic rings. The van der Waals surface area contributed by atoms with Crippen LogP contribution in [-0.2, 0) is 28.7 Å². The van der Waals surface area contributed by atoms with Crippen LogP contribution in [0.1, 0.15) is 119 Å². The van der Waals surface area contributed by atoms with Crippen LogP contribution in [0.15, 0.2) is 42.0 Å². The summed E-state index contributed by atoms with van der Waals surface area (Å²) in [7, 11) is 0. The average Bonchev–Trinajstić information content (AvgIpc) is 3.05. The Morgan fingerprint density at radius 3 is 2.22 bits per heavy atom. The molecule has 4 fully saturated rings. The number of carboxylic acids is 1. The monoisotopic (exact) mass is 702 g/mol. The van der Waals surface area contributed by atoms with Gasteiger partial charge >= 0.3 is 23.9 Å². The van der Waals surface area contributed by atoms with E-state index in [-0.39, 0.29) is 63.4 Å². The fourth-order valence-electron chi connectivity index (χ4n) is 12.6. The maximum atomic E-state index is 13.2. The Morgan fingerprint density at radius 1 is 0.863 bits per heavy atom. The van der Waals surface area contributed by atoms with Crippen LogP contribution in [0.25, 0.3) is 6.08 Å². The first-order valence-electron chi connectivity index (χ1n) is 19.1. The molecule has 0 bridgehead atoms. The van der Waals surface area contributed by atoms with Gasteiger partial charge in [0.05, 0.1) is 12.0 Å². The minimum atomic E-state index is -0.770.